The van der Waals surface area contributed by atoms with E-state index in [1.807, 2.05) is 31.5 Å². The van der Waals surface area contributed by atoms with Crippen LogP contribution in [0.25, 0.3) is 11.4 Å². The number of hydrogen-bond acceptors (Lipinski definition) is 7. The third-order valence-electron chi connectivity index (χ3n) is 4.75. The van der Waals surface area contributed by atoms with Gasteiger partial charge in [-0.25, -0.2) is 4.79 Å². The number of ketones is 1. The van der Waals surface area contributed by atoms with E-state index in [0.717, 1.165) is 11.3 Å². The van der Waals surface area contributed by atoms with Crippen LogP contribution in [0.4, 0.5) is 0 Å². The maximum Gasteiger partial charge on any atom is 0.340 e. The van der Waals surface area contributed by atoms with E-state index in [0.29, 0.717) is 33.5 Å². The molecule has 0 saturated carbocycles. The molecule has 0 aromatic carbocycles. The minimum Gasteiger partial charge on any atom is -0.469 e. The maximum absolute atomic E-state index is 13.0. The standard InChI is InChI=1S/C20H24N4O4S/c1-7-27-19(26)15-10(2)16(21-11(15)3)17(25)13(5)29-20-23-22-18(24(20)6)14-8-9-28-12(14)4/h8-9,13,21H,7H2,1-6H3/t13-/m0/s1. The van der Waals surface area contributed by atoms with E-state index in [4.69, 9.17) is 9.15 Å². The van der Waals surface area contributed by atoms with Crippen molar-refractivity contribution in [2.75, 3.05) is 6.61 Å². The first-order chi connectivity index (χ1) is 13.8. The molecule has 0 bridgehead atoms. The highest BCUT2D eigenvalue weighted by Gasteiger charge is 2.27. The highest BCUT2D eigenvalue weighted by Crippen LogP contribution is 2.30. The van der Waals surface area contributed by atoms with Crippen molar-refractivity contribution >= 4 is 23.5 Å². The molecule has 0 aliphatic rings. The van der Waals surface area contributed by atoms with E-state index in [1.54, 1.807) is 27.0 Å². The molecule has 0 aliphatic heterocycles. The molecule has 0 spiro atoms. The molecule has 8 nitrogen and oxygen atoms in total. The lowest BCUT2D eigenvalue weighted by Gasteiger charge is -2.10. The van der Waals surface area contributed by atoms with E-state index in [2.05, 4.69) is 15.2 Å². The van der Waals surface area contributed by atoms with Crippen LogP contribution in [0, 0.1) is 20.8 Å². The molecule has 0 aliphatic carbocycles. The number of aromatic amines is 1. The molecule has 9 heteroatoms. The van der Waals surface area contributed by atoms with Gasteiger partial charge >= 0.3 is 5.97 Å². The van der Waals surface area contributed by atoms with Gasteiger partial charge in [0.1, 0.15) is 5.76 Å². The van der Waals surface area contributed by atoms with Gasteiger partial charge in [-0.05, 0) is 46.2 Å². The summed E-state index contributed by atoms with van der Waals surface area (Å²) in [4.78, 5) is 28.3. The molecular weight excluding hydrogens is 392 g/mol. The van der Waals surface area contributed by atoms with Crippen molar-refractivity contribution in [3.63, 3.8) is 0 Å². The van der Waals surface area contributed by atoms with Gasteiger partial charge in [-0.1, -0.05) is 11.8 Å². The van der Waals surface area contributed by atoms with Crippen LogP contribution in [0.3, 0.4) is 0 Å². The second-order valence-electron chi connectivity index (χ2n) is 6.73. The second kappa shape index (κ2) is 8.28. The predicted molar refractivity (Wildman–Crippen MR) is 109 cm³/mol. The first-order valence-electron chi connectivity index (χ1n) is 9.27. The number of aryl methyl sites for hydroxylation is 2. The van der Waals surface area contributed by atoms with Gasteiger partial charge in [0.05, 0.1) is 34.9 Å². The fourth-order valence-electron chi connectivity index (χ4n) is 3.19. The number of hydrogen-bond donors (Lipinski definition) is 1. The number of H-pyrrole nitrogens is 1. The van der Waals surface area contributed by atoms with Crippen molar-refractivity contribution in [1.29, 1.82) is 0 Å². The van der Waals surface area contributed by atoms with Crippen molar-refractivity contribution in [2.45, 2.75) is 45.0 Å². The lowest BCUT2D eigenvalue weighted by Crippen LogP contribution is -2.16. The SMILES string of the molecule is CCOC(=O)c1c(C)[nH]c(C(=O)[C@H](C)Sc2nnc(-c3ccoc3C)n2C)c1C. The molecule has 3 aromatic heterocycles. The molecule has 3 aromatic rings. The van der Waals surface area contributed by atoms with E-state index >= 15 is 0 Å². The third-order valence-corrected chi connectivity index (χ3v) is 5.88. The molecule has 1 atom stereocenters. The normalized spacial score (nSPS) is 12.2. The highest BCUT2D eigenvalue weighted by molar-refractivity contribution is 8.00. The van der Waals surface area contributed by atoms with Crippen molar-refractivity contribution in [3.05, 3.63) is 40.6 Å². The summed E-state index contributed by atoms with van der Waals surface area (Å²) in [6.45, 7) is 9.21. The topological polar surface area (TPSA) is 103 Å². The molecule has 3 rings (SSSR count). The Morgan fingerprint density at radius 3 is 2.66 bits per heavy atom. The Labute approximate surface area is 173 Å². The Bertz CT molecular complexity index is 1060. The van der Waals surface area contributed by atoms with Gasteiger partial charge in [0.2, 0.25) is 0 Å². The summed E-state index contributed by atoms with van der Waals surface area (Å²) >= 11 is 1.31. The lowest BCUT2D eigenvalue weighted by atomic mass is 10.1. The molecule has 3 heterocycles. The number of esters is 1. The van der Waals surface area contributed by atoms with E-state index < -0.39 is 11.2 Å². The van der Waals surface area contributed by atoms with Gasteiger partial charge < -0.3 is 18.7 Å². The van der Waals surface area contributed by atoms with Crippen LogP contribution in [0.15, 0.2) is 21.9 Å². The van der Waals surface area contributed by atoms with Crippen LogP contribution < -0.4 is 0 Å². The van der Waals surface area contributed by atoms with Gasteiger partial charge in [0, 0.05) is 12.7 Å². The summed E-state index contributed by atoms with van der Waals surface area (Å²) in [5.74, 6) is 0.891. The minimum atomic E-state index is -0.428. The van der Waals surface area contributed by atoms with Crippen molar-refractivity contribution in [1.82, 2.24) is 19.7 Å². The van der Waals surface area contributed by atoms with E-state index in [1.165, 1.54) is 11.8 Å². The van der Waals surface area contributed by atoms with Crippen LogP contribution in [-0.4, -0.2) is 43.4 Å². The van der Waals surface area contributed by atoms with Crippen LogP contribution in [-0.2, 0) is 11.8 Å². The van der Waals surface area contributed by atoms with E-state index in [9.17, 15) is 9.59 Å². The first kappa shape index (κ1) is 20.9. The van der Waals surface area contributed by atoms with Gasteiger partial charge in [-0.2, -0.15) is 0 Å². The second-order valence-corrected chi connectivity index (χ2v) is 8.03. The number of aromatic nitrogens is 4. The fourth-order valence-corrected chi connectivity index (χ4v) is 4.06. The quantitative estimate of drug-likeness (QED) is 0.354. The molecule has 0 saturated heterocycles. The summed E-state index contributed by atoms with van der Waals surface area (Å²) < 4.78 is 12.3. The maximum atomic E-state index is 13.0. The minimum absolute atomic E-state index is 0.116. The van der Waals surface area contributed by atoms with E-state index in [-0.39, 0.29) is 12.4 Å². The van der Waals surface area contributed by atoms with Crippen LogP contribution in [0.1, 0.15) is 51.7 Å². The molecule has 29 heavy (non-hydrogen) atoms. The van der Waals surface area contributed by atoms with Gasteiger partial charge in [-0.15, -0.1) is 10.2 Å². The number of ether oxygens (including phenoxy) is 1. The van der Waals surface area contributed by atoms with Crippen molar-refractivity contribution < 1.29 is 18.7 Å². The number of carbonyl (C=O) groups is 2. The number of carbonyl (C=O) groups excluding carboxylic acids is 2. The molecular formula is C20H24N4O4S. The number of nitrogens with zero attached hydrogens (tertiary/aromatic N) is 3. The fraction of sp³-hybridized carbons (Fsp3) is 0.400. The summed E-state index contributed by atoms with van der Waals surface area (Å²) in [7, 11) is 1.85. The molecule has 154 valence electrons. The number of rotatable bonds is 7. The average molecular weight is 417 g/mol. The summed E-state index contributed by atoms with van der Waals surface area (Å²) in [5.41, 5.74) is 2.92. The number of nitrogens with one attached hydrogen (secondary N) is 1. The van der Waals surface area contributed by atoms with Crippen molar-refractivity contribution in [3.8, 4) is 11.4 Å². The molecule has 0 unspecified atom stereocenters. The lowest BCUT2D eigenvalue weighted by molar-refractivity contribution is 0.0525. The monoisotopic (exact) mass is 416 g/mol. The number of furan rings is 1. The molecule has 1 N–H and O–H groups in total. The predicted octanol–water partition coefficient (Wildman–Crippen LogP) is 3.87. The zero-order valence-corrected chi connectivity index (χ0v) is 18.1. The van der Waals surface area contributed by atoms with Gasteiger partial charge in [0.25, 0.3) is 0 Å². The van der Waals surface area contributed by atoms with Gasteiger partial charge in [-0.3, -0.25) is 4.79 Å². The molecule has 0 radical (unpaired) electrons. The Hall–Kier alpha value is -2.81. The Morgan fingerprint density at radius 2 is 2.03 bits per heavy atom. The summed E-state index contributed by atoms with van der Waals surface area (Å²) in [6.07, 6.45) is 1.61. The average Bonchev–Trinajstić information content (AvgIpc) is 3.33. The Balaban J connectivity index is 1.82. The molecule has 0 amide bonds. The van der Waals surface area contributed by atoms with Crippen LogP contribution in [0.2, 0.25) is 0 Å². The van der Waals surface area contributed by atoms with Crippen LogP contribution in [0.5, 0.6) is 0 Å². The number of Topliss-reactive ketones (excluding diaryl/α,β-unsaturated/α-hetero) is 1. The largest absolute Gasteiger partial charge is 0.469 e. The zero-order valence-electron chi connectivity index (χ0n) is 17.3. The zero-order chi connectivity index (χ0) is 21.3. The van der Waals surface area contributed by atoms with Gasteiger partial charge in [0.15, 0.2) is 16.8 Å². The van der Waals surface area contributed by atoms with Crippen LogP contribution >= 0.6 is 11.8 Å². The summed E-state index contributed by atoms with van der Waals surface area (Å²) in [5, 5.41) is 8.65. The highest BCUT2D eigenvalue weighted by atomic mass is 32.2. The third kappa shape index (κ3) is 3.87. The Morgan fingerprint density at radius 1 is 1.31 bits per heavy atom. The number of thioether (sulfide) groups is 1. The summed E-state index contributed by atoms with van der Waals surface area (Å²) in [6, 6.07) is 1.84. The Kier molecular flexibility index (Phi) is 5.97. The molecule has 0 fully saturated rings. The smallest absolute Gasteiger partial charge is 0.340 e. The van der Waals surface area contributed by atoms with Crippen molar-refractivity contribution in [2.24, 2.45) is 7.05 Å². The first-order valence-corrected chi connectivity index (χ1v) is 10.1.